The molecule has 0 saturated carbocycles. The number of methoxy groups -OCH3 is 1. The maximum absolute atomic E-state index is 13.1. The van der Waals surface area contributed by atoms with Gasteiger partial charge in [-0.15, -0.1) is 0 Å². The molecule has 0 bridgehead atoms. The number of hydrazone groups is 1. The number of carbonyl (C=O) groups is 1. The Labute approximate surface area is 180 Å². The van der Waals surface area contributed by atoms with Gasteiger partial charge in [0.1, 0.15) is 6.54 Å². The second-order valence-electron chi connectivity index (χ2n) is 6.35. The van der Waals surface area contributed by atoms with Crippen molar-refractivity contribution < 1.29 is 23.1 Å². The SMILES string of the molecule is COc1cccc(/C=N\NC(=O)CN(c2ccccc2)S(=O)(=O)c2ccccc2)c1O. The average Bonchev–Trinajstić information content (AvgIpc) is 2.79. The van der Waals surface area contributed by atoms with Crippen LogP contribution in [0, 0.1) is 0 Å². The highest BCUT2D eigenvalue weighted by Crippen LogP contribution is 2.28. The van der Waals surface area contributed by atoms with Crippen LogP contribution in [0.3, 0.4) is 0 Å². The Morgan fingerprint density at radius 1 is 1.03 bits per heavy atom. The van der Waals surface area contributed by atoms with Crippen LogP contribution in [-0.4, -0.2) is 39.3 Å². The molecule has 0 spiro atoms. The number of ether oxygens (including phenoxy) is 1. The number of phenolic OH excluding ortho intramolecular Hbond substituents is 1. The fraction of sp³-hybridized carbons (Fsp3) is 0.0909. The molecule has 0 atom stereocenters. The van der Waals surface area contributed by atoms with Gasteiger partial charge in [-0.2, -0.15) is 5.10 Å². The highest BCUT2D eigenvalue weighted by Gasteiger charge is 2.26. The third-order valence-corrected chi connectivity index (χ3v) is 6.09. The molecule has 0 saturated heterocycles. The van der Waals surface area contributed by atoms with E-state index in [1.807, 2.05) is 0 Å². The minimum absolute atomic E-state index is 0.0662. The molecule has 0 aromatic heterocycles. The number of aromatic hydroxyl groups is 1. The largest absolute Gasteiger partial charge is 0.504 e. The first-order valence-corrected chi connectivity index (χ1v) is 10.7. The van der Waals surface area contributed by atoms with Crippen LogP contribution in [0.4, 0.5) is 5.69 Å². The normalized spacial score (nSPS) is 11.3. The van der Waals surface area contributed by atoms with Gasteiger partial charge in [-0.1, -0.05) is 42.5 Å². The first-order valence-electron chi connectivity index (χ1n) is 9.24. The zero-order chi connectivity index (χ0) is 22.3. The van der Waals surface area contributed by atoms with Crippen molar-refractivity contribution in [2.24, 2.45) is 5.10 Å². The van der Waals surface area contributed by atoms with Crippen molar-refractivity contribution in [3.8, 4) is 11.5 Å². The summed E-state index contributed by atoms with van der Waals surface area (Å²) in [5.74, 6) is -0.512. The molecule has 3 aromatic carbocycles. The Morgan fingerprint density at radius 3 is 2.32 bits per heavy atom. The highest BCUT2D eigenvalue weighted by molar-refractivity contribution is 7.92. The summed E-state index contributed by atoms with van der Waals surface area (Å²) in [6.07, 6.45) is 1.24. The summed E-state index contributed by atoms with van der Waals surface area (Å²) in [4.78, 5) is 12.6. The van der Waals surface area contributed by atoms with Crippen molar-refractivity contribution in [3.05, 3.63) is 84.4 Å². The summed E-state index contributed by atoms with van der Waals surface area (Å²) in [5, 5.41) is 13.9. The molecule has 8 nitrogen and oxygen atoms in total. The zero-order valence-corrected chi connectivity index (χ0v) is 17.5. The quantitative estimate of drug-likeness (QED) is 0.414. The van der Waals surface area contributed by atoms with E-state index >= 15 is 0 Å². The van der Waals surface area contributed by atoms with Crippen LogP contribution in [0.5, 0.6) is 11.5 Å². The number of sulfonamides is 1. The number of hydrogen-bond acceptors (Lipinski definition) is 6. The molecule has 0 heterocycles. The van der Waals surface area contributed by atoms with Crippen LogP contribution in [0.15, 0.2) is 88.9 Å². The van der Waals surface area contributed by atoms with Gasteiger partial charge in [0.15, 0.2) is 11.5 Å². The molecule has 1 amide bonds. The summed E-state index contributed by atoms with van der Waals surface area (Å²) >= 11 is 0. The number of para-hydroxylation sites is 2. The maximum Gasteiger partial charge on any atom is 0.264 e. The second kappa shape index (κ2) is 9.77. The van der Waals surface area contributed by atoms with Crippen LogP contribution in [-0.2, 0) is 14.8 Å². The number of nitrogens with zero attached hydrogens (tertiary/aromatic N) is 2. The molecule has 0 fully saturated rings. The third kappa shape index (κ3) is 5.20. The molecule has 0 aliphatic rings. The molecule has 0 unspecified atom stereocenters. The molecular formula is C22H21N3O5S. The van der Waals surface area contributed by atoms with Gasteiger partial charge in [-0.05, 0) is 36.4 Å². The summed E-state index contributed by atoms with van der Waals surface area (Å²) < 4.78 is 32.3. The predicted molar refractivity (Wildman–Crippen MR) is 118 cm³/mol. The average molecular weight is 439 g/mol. The fourth-order valence-electron chi connectivity index (χ4n) is 2.78. The summed E-state index contributed by atoms with van der Waals surface area (Å²) in [7, 11) is -2.56. The Kier molecular flexibility index (Phi) is 6.88. The van der Waals surface area contributed by atoms with Gasteiger partial charge in [0.2, 0.25) is 0 Å². The molecule has 2 N–H and O–H groups in total. The van der Waals surface area contributed by atoms with Crippen molar-refractivity contribution in [2.75, 3.05) is 18.0 Å². The Hall–Kier alpha value is -3.85. The van der Waals surface area contributed by atoms with Gasteiger partial charge in [0.25, 0.3) is 15.9 Å². The number of hydrogen-bond donors (Lipinski definition) is 2. The number of benzene rings is 3. The standard InChI is InChI=1S/C22H21N3O5S/c1-30-20-14-8-9-17(22(20)27)15-23-24-21(26)16-25(18-10-4-2-5-11-18)31(28,29)19-12-6-3-7-13-19/h2-15,27H,16H2,1H3,(H,24,26)/b23-15-. The van der Waals surface area contributed by atoms with E-state index in [1.54, 1.807) is 66.7 Å². The molecular weight excluding hydrogens is 418 g/mol. The van der Waals surface area contributed by atoms with Gasteiger partial charge in [-0.3, -0.25) is 9.10 Å². The van der Waals surface area contributed by atoms with Gasteiger partial charge in [-0.25, -0.2) is 13.8 Å². The van der Waals surface area contributed by atoms with E-state index in [0.29, 0.717) is 11.3 Å². The minimum Gasteiger partial charge on any atom is -0.504 e. The lowest BCUT2D eigenvalue weighted by molar-refractivity contribution is -0.119. The summed E-state index contributed by atoms with van der Waals surface area (Å²) in [5.41, 5.74) is 2.97. The second-order valence-corrected chi connectivity index (χ2v) is 8.21. The predicted octanol–water partition coefficient (Wildman–Crippen LogP) is 2.75. The van der Waals surface area contributed by atoms with Crippen molar-refractivity contribution in [1.82, 2.24) is 5.43 Å². The first-order chi connectivity index (χ1) is 14.9. The number of anilines is 1. The van der Waals surface area contributed by atoms with E-state index in [-0.39, 0.29) is 16.4 Å². The number of amides is 1. The Bertz CT molecular complexity index is 1170. The highest BCUT2D eigenvalue weighted by atomic mass is 32.2. The molecule has 9 heteroatoms. The van der Waals surface area contributed by atoms with Crippen LogP contribution < -0.4 is 14.5 Å². The molecule has 3 aromatic rings. The third-order valence-electron chi connectivity index (χ3n) is 4.31. The molecule has 0 aliphatic carbocycles. The van der Waals surface area contributed by atoms with Crippen LogP contribution in [0.25, 0.3) is 0 Å². The van der Waals surface area contributed by atoms with E-state index < -0.39 is 22.5 Å². The number of rotatable bonds is 8. The van der Waals surface area contributed by atoms with Crippen LogP contribution in [0.1, 0.15) is 5.56 Å². The number of carbonyl (C=O) groups excluding carboxylic acids is 1. The number of nitrogens with one attached hydrogen (secondary N) is 1. The smallest absolute Gasteiger partial charge is 0.264 e. The lowest BCUT2D eigenvalue weighted by Crippen LogP contribution is -2.39. The lowest BCUT2D eigenvalue weighted by Gasteiger charge is -2.23. The molecule has 31 heavy (non-hydrogen) atoms. The first kappa shape index (κ1) is 21.8. The zero-order valence-electron chi connectivity index (χ0n) is 16.7. The van der Waals surface area contributed by atoms with E-state index in [0.717, 1.165) is 4.31 Å². The van der Waals surface area contributed by atoms with E-state index in [1.165, 1.54) is 25.5 Å². The molecule has 3 rings (SSSR count). The number of phenols is 1. The van der Waals surface area contributed by atoms with Crippen LogP contribution in [0.2, 0.25) is 0 Å². The van der Waals surface area contributed by atoms with E-state index in [9.17, 15) is 18.3 Å². The van der Waals surface area contributed by atoms with Gasteiger partial charge < -0.3 is 9.84 Å². The van der Waals surface area contributed by atoms with Crippen molar-refractivity contribution in [1.29, 1.82) is 0 Å². The van der Waals surface area contributed by atoms with Crippen molar-refractivity contribution in [2.45, 2.75) is 4.90 Å². The van der Waals surface area contributed by atoms with E-state index in [2.05, 4.69) is 10.5 Å². The molecule has 0 aliphatic heterocycles. The maximum atomic E-state index is 13.1. The summed E-state index contributed by atoms with van der Waals surface area (Å²) in [6.45, 7) is -0.483. The van der Waals surface area contributed by atoms with Crippen molar-refractivity contribution in [3.63, 3.8) is 0 Å². The van der Waals surface area contributed by atoms with Gasteiger partial charge in [0.05, 0.1) is 23.9 Å². The monoisotopic (exact) mass is 439 g/mol. The fourth-order valence-corrected chi connectivity index (χ4v) is 4.22. The van der Waals surface area contributed by atoms with Gasteiger partial charge >= 0.3 is 0 Å². The van der Waals surface area contributed by atoms with Crippen LogP contribution >= 0.6 is 0 Å². The van der Waals surface area contributed by atoms with Gasteiger partial charge in [0, 0.05) is 5.56 Å². The Morgan fingerprint density at radius 2 is 1.68 bits per heavy atom. The lowest BCUT2D eigenvalue weighted by atomic mass is 10.2. The van der Waals surface area contributed by atoms with Crippen molar-refractivity contribution >= 4 is 27.8 Å². The molecule has 160 valence electrons. The topological polar surface area (TPSA) is 108 Å². The summed E-state index contributed by atoms with van der Waals surface area (Å²) in [6, 6.07) is 21.0. The Balaban J connectivity index is 1.80. The van der Waals surface area contributed by atoms with E-state index in [4.69, 9.17) is 4.74 Å². The molecule has 0 radical (unpaired) electrons. The minimum atomic E-state index is -3.98.